The predicted molar refractivity (Wildman–Crippen MR) is 51.2 cm³/mol. The van der Waals surface area contributed by atoms with Crippen LogP contribution in [0.4, 0.5) is 17.6 Å². The summed E-state index contributed by atoms with van der Waals surface area (Å²) in [5, 5.41) is 0. The van der Waals surface area contributed by atoms with Gasteiger partial charge in [0.2, 0.25) is 0 Å². The van der Waals surface area contributed by atoms with E-state index in [1.807, 2.05) is 0 Å². The number of methoxy groups -OCH3 is 1. The van der Waals surface area contributed by atoms with Gasteiger partial charge in [-0.25, -0.2) is 4.39 Å². The Bertz CT molecular complexity index is 468. The van der Waals surface area contributed by atoms with Gasteiger partial charge in [0, 0.05) is 5.56 Å². The molecule has 94 valence electrons. The van der Waals surface area contributed by atoms with Crippen LogP contribution in [-0.2, 0) is 6.18 Å². The molecule has 1 aromatic rings. The number of rotatable bonds is 2. The lowest BCUT2D eigenvalue weighted by Crippen LogP contribution is -2.19. The molecule has 17 heavy (non-hydrogen) atoms. The summed E-state index contributed by atoms with van der Waals surface area (Å²) in [5.74, 6) is -3.21. The smallest absolute Gasteiger partial charge is 0.419 e. The van der Waals surface area contributed by atoms with Gasteiger partial charge in [0.1, 0.15) is 11.6 Å². The van der Waals surface area contributed by atoms with Crippen LogP contribution in [0.3, 0.4) is 0 Å². The van der Waals surface area contributed by atoms with Gasteiger partial charge in [0.15, 0.2) is 0 Å². The zero-order valence-corrected chi connectivity index (χ0v) is 8.98. The van der Waals surface area contributed by atoms with Gasteiger partial charge >= 0.3 is 6.18 Å². The topological polar surface area (TPSA) is 52.3 Å². The number of alkyl halides is 3. The molecule has 2 N–H and O–H groups in total. The Hall–Kier alpha value is -1.79. The minimum absolute atomic E-state index is 0.243. The van der Waals surface area contributed by atoms with E-state index in [1.165, 1.54) is 0 Å². The SMILES string of the molecule is COc1cc(C(N)=O)c(F)c(C(F)(F)F)c1C. The van der Waals surface area contributed by atoms with Crippen molar-refractivity contribution in [3.8, 4) is 5.75 Å². The van der Waals surface area contributed by atoms with E-state index in [1.54, 1.807) is 0 Å². The van der Waals surface area contributed by atoms with Gasteiger partial charge < -0.3 is 10.5 Å². The first kappa shape index (κ1) is 13.3. The Labute approximate surface area is 94.2 Å². The van der Waals surface area contributed by atoms with Crippen LogP contribution in [-0.4, -0.2) is 13.0 Å². The number of carbonyl (C=O) groups excluding carboxylic acids is 1. The van der Waals surface area contributed by atoms with Crippen molar-refractivity contribution in [3.05, 3.63) is 28.6 Å². The van der Waals surface area contributed by atoms with Crippen molar-refractivity contribution in [1.82, 2.24) is 0 Å². The molecule has 0 fully saturated rings. The standard InChI is InChI=1S/C10H9F4NO2/c1-4-6(17-2)3-5(9(15)16)8(11)7(4)10(12,13)14/h3H,1-2H3,(H2,15,16). The Morgan fingerprint density at radius 2 is 1.94 bits per heavy atom. The number of carbonyl (C=O) groups is 1. The number of nitrogens with two attached hydrogens (primary N) is 1. The highest BCUT2D eigenvalue weighted by Gasteiger charge is 2.39. The number of amides is 1. The van der Waals surface area contributed by atoms with E-state index < -0.39 is 34.6 Å². The molecular weight excluding hydrogens is 242 g/mol. The molecule has 0 aliphatic heterocycles. The molecular formula is C10H9F4NO2. The van der Waals surface area contributed by atoms with E-state index in [-0.39, 0.29) is 5.75 Å². The van der Waals surface area contributed by atoms with Crippen LogP contribution in [0.5, 0.6) is 5.75 Å². The van der Waals surface area contributed by atoms with Gasteiger partial charge in [0.05, 0.1) is 18.2 Å². The highest BCUT2D eigenvalue weighted by Crippen LogP contribution is 2.38. The fourth-order valence-corrected chi connectivity index (χ4v) is 1.45. The van der Waals surface area contributed by atoms with E-state index in [9.17, 15) is 22.4 Å². The van der Waals surface area contributed by atoms with Gasteiger partial charge in [-0.2, -0.15) is 13.2 Å². The second-order valence-electron chi connectivity index (χ2n) is 3.30. The Morgan fingerprint density at radius 1 is 1.41 bits per heavy atom. The number of ether oxygens (including phenoxy) is 1. The third-order valence-electron chi connectivity index (χ3n) is 2.24. The summed E-state index contributed by atoms with van der Waals surface area (Å²) in [6, 6.07) is 0.849. The summed E-state index contributed by atoms with van der Waals surface area (Å²) in [6.45, 7) is 1.05. The van der Waals surface area contributed by atoms with Crippen molar-refractivity contribution in [2.75, 3.05) is 7.11 Å². The molecule has 0 spiro atoms. The summed E-state index contributed by atoms with van der Waals surface area (Å²) >= 11 is 0. The summed E-state index contributed by atoms with van der Waals surface area (Å²) in [5.41, 5.74) is 1.99. The number of primary amides is 1. The summed E-state index contributed by atoms with van der Waals surface area (Å²) in [4.78, 5) is 10.8. The fraction of sp³-hybridized carbons (Fsp3) is 0.300. The Kier molecular flexibility index (Phi) is 3.30. The Morgan fingerprint density at radius 3 is 2.29 bits per heavy atom. The average molecular weight is 251 g/mol. The summed E-state index contributed by atoms with van der Waals surface area (Å²) in [6.07, 6.45) is -4.92. The first-order valence-corrected chi connectivity index (χ1v) is 4.44. The summed E-state index contributed by atoms with van der Waals surface area (Å²) in [7, 11) is 1.12. The van der Waals surface area contributed by atoms with Crippen LogP contribution in [0.2, 0.25) is 0 Å². The Balaban J connectivity index is 3.68. The van der Waals surface area contributed by atoms with Gasteiger partial charge in [-0.05, 0) is 13.0 Å². The molecule has 0 heterocycles. The fourth-order valence-electron chi connectivity index (χ4n) is 1.45. The van der Waals surface area contributed by atoms with Crippen molar-refractivity contribution < 1.29 is 27.1 Å². The van der Waals surface area contributed by atoms with Crippen molar-refractivity contribution in [2.45, 2.75) is 13.1 Å². The maximum absolute atomic E-state index is 13.5. The molecule has 0 saturated heterocycles. The largest absolute Gasteiger partial charge is 0.496 e. The zero-order chi connectivity index (χ0) is 13.4. The van der Waals surface area contributed by atoms with E-state index in [2.05, 4.69) is 4.74 Å². The molecule has 0 aliphatic carbocycles. The minimum atomic E-state index is -4.92. The second-order valence-corrected chi connectivity index (χ2v) is 3.30. The lowest BCUT2D eigenvalue weighted by molar-refractivity contribution is -0.140. The van der Waals surface area contributed by atoms with E-state index in [4.69, 9.17) is 5.73 Å². The highest BCUT2D eigenvalue weighted by molar-refractivity contribution is 5.94. The first-order valence-electron chi connectivity index (χ1n) is 4.44. The van der Waals surface area contributed by atoms with E-state index in [0.29, 0.717) is 0 Å². The molecule has 0 unspecified atom stereocenters. The van der Waals surface area contributed by atoms with E-state index in [0.717, 1.165) is 20.1 Å². The van der Waals surface area contributed by atoms with Crippen molar-refractivity contribution in [3.63, 3.8) is 0 Å². The number of benzene rings is 1. The molecule has 0 aliphatic rings. The quantitative estimate of drug-likeness (QED) is 0.819. The molecule has 0 atom stereocenters. The zero-order valence-electron chi connectivity index (χ0n) is 8.98. The monoisotopic (exact) mass is 251 g/mol. The lowest BCUT2D eigenvalue weighted by atomic mass is 10.0. The molecule has 1 aromatic carbocycles. The molecule has 0 aromatic heterocycles. The van der Waals surface area contributed by atoms with Crippen molar-refractivity contribution in [2.24, 2.45) is 5.73 Å². The van der Waals surface area contributed by atoms with Crippen LogP contribution < -0.4 is 10.5 Å². The third-order valence-corrected chi connectivity index (χ3v) is 2.24. The molecule has 0 bridgehead atoms. The molecule has 0 radical (unpaired) electrons. The minimum Gasteiger partial charge on any atom is -0.496 e. The number of halogens is 4. The van der Waals surface area contributed by atoms with Crippen LogP contribution in [0.25, 0.3) is 0 Å². The normalized spacial score (nSPS) is 11.4. The molecule has 7 heteroatoms. The van der Waals surface area contributed by atoms with E-state index >= 15 is 0 Å². The van der Waals surface area contributed by atoms with Crippen molar-refractivity contribution >= 4 is 5.91 Å². The van der Waals surface area contributed by atoms with Gasteiger partial charge in [-0.1, -0.05) is 0 Å². The van der Waals surface area contributed by atoms with Crippen LogP contribution in [0, 0.1) is 12.7 Å². The average Bonchev–Trinajstić information content (AvgIpc) is 2.15. The molecule has 1 rings (SSSR count). The predicted octanol–water partition coefficient (Wildman–Crippen LogP) is 2.26. The highest BCUT2D eigenvalue weighted by atomic mass is 19.4. The van der Waals surface area contributed by atoms with Crippen molar-refractivity contribution in [1.29, 1.82) is 0 Å². The van der Waals surface area contributed by atoms with Crippen LogP contribution in [0.15, 0.2) is 6.07 Å². The van der Waals surface area contributed by atoms with Crippen LogP contribution in [0.1, 0.15) is 21.5 Å². The van der Waals surface area contributed by atoms with Gasteiger partial charge in [-0.15, -0.1) is 0 Å². The molecule has 3 nitrogen and oxygen atoms in total. The third kappa shape index (κ3) is 2.32. The number of hydrogen-bond donors (Lipinski definition) is 1. The van der Waals surface area contributed by atoms with Gasteiger partial charge in [0.25, 0.3) is 5.91 Å². The maximum Gasteiger partial charge on any atom is 0.419 e. The molecule has 0 saturated carbocycles. The maximum atomic E-state index is 13.5. The summed E-state index contributed by atoms with van der Waals surface area (Å²) < 4.78 is 56.0. The van der Waals surface area contributed by atoms with Gasteiger partial charge in [-0.3, -0.25) is 4.79 Å². The van der Waals surface area contributed by atoms with Crippen LogP contribution >= 0.6 is 0 Å². The lowest BCUT2D eigenvalue weighted by Gasteiger charge is -2.16. The first-order chi connectivity index (χ1) is 7.70. The molecule has 1 amide bonds. The number of hydrogen-bond acceptors (Lipinski definition) is 2. The second kappa shape index (κ2) is 4.23.